The van der Waals surface area contributed by atoms with Gasteiger partial charge in [-0.15, -0.1) is 0 Å². The van der Waals surface area contributed by atoms with E-state index in [0.29, 0.717) is 23.0 Å². The maximum Gasteiger partial charge on any atom is 0.106 e. The Morgan fingerprint density at radius 2 is 2.13 bits per heavy atom. The summed E-state index contributed by atoms with van der Waals surface area (Å²) in [4.78, 5) is 4.74. The van der Waals surface area contributed by atoms with Gasteiger partial charge in [0.2, 0.25) is 0 Å². The summed E-state index contributed by atoms with van der Waals surface area (Å²) in [7, 11) is 1.49. The molecule has 5 heteroatoms. The van der Waals surface area contributed by atoms with Crippen LogP contribution < -0.4 is 5.73 Å². The number of rotatable bonds is 4. The summed E-state index contributed by atoms with van der Waals surface area (Å²) in [5.41, 5.74) is 7.10. The normalized spacial score (nSPS) is 11.6. The van der Waals surface area contributed by atoms with Crippen LogP contribution in [0.3, 0.4) is 0 Å². The van der Waals surface area contributed by atoms with E-state index in [1.807, 2.05) is 6.07 Å². The molecule has 1 rings (SSSR count). The lowest BCUT2D eigenvalue weighted by molar-refractivity contribution is 0.213. The Hall–Kier alpha value is -0.770. The van der Waals surface area contributed by atoms with Gasteiger partial charge in [0.15, 0.2) is 0 Å². The van der Waals surface area contributed by atoms with Crippen LogP contribution in [0.4, 0.5) is 0 Å². The first-order valence-corrected chi connectivity index (χ1v) is 5.20. The molecule has 1 aromatic carbocycles. The second kappa shape index (κ2) is 5.95. The van der Waals surface area contributed by atoms with Crippen molar-refractivity contribution in [3.63, 3.8) is 0 Å². The lowest BCUT2D eigenvalue weighted by atomic mass is 10.1. The van der Waals surface area contributed by atoms with E-state index in [0.717, 1.165) is 11.3 Å². The Morgan fingerprint density at radius 1 is 1.40 bits per heavy atom. The molecule has 0 heterocycles. The zero-order chi connectivity index (χ0) is 11.3. The zero-order valence-electron chi connectivity index (χ0n) is 8.34. The lowest BCUT2D eigenvalue weighted by Gasteiger charge is -2.05. The third-order valence-corrected chi connectivity index (χ3v) is 2.57. The van der Waals surface area contributed by atoms with Gasteiger partial charge in [-0.2, -0.15) is 0 Å². The number of benzene rings is 1. The predicted molar refractivity (Wildman–Crippen MR) is 63.7 cm³/mol. The first kappa shape index (κ1) is 12.3. The fourth-order valence-electron chi connectivity index (χ4n) is 1.17. The Balaban J connectivity index is 3.01. The van der Waals surface area contributed by atoms with Gasteiger partial charge in [-0.1, -0.05) is 34.4 Å². The van der Waals surface area contributed by atoms with Crippen LogP contribution in [0.15, 0.2) is 23.4 Å². The van der Waals surface area contributed by atoms with E-state index in [1.54, 1.807) is 12.1 Å². The summed E-state index contributed by atoms with van der Waals surface area (Å²) in [6, 6.07) is 5.31. The molecule has 0 spiro atoms. The second-order valence-electron chi connectivity index (χ2n) is 2.89. The van der Waals surface area contributed by atoms with E-state index in [1.165, 1.54) is 7.11 Å². The lowest BCUT2D eigenvalue weighted by Crippen LogP contribution is -2.09. The minimum Gasteiger partial charge on any atom is -0.399 e. The summed E-state index contributed by atoms with van der Waals surface area (Å²) < 4.78 is 0. The molecular weight excluding hydrogens is 235 g/mol. The summed E-state index contributed by atoms with van der Waals surface area (Å²) in [6.45, 7) is 0.502. The van der Waals surface area contributed by atoms with E-state index in [9.17, 15) is 0 Å². The van der Waals surface area contributed by atoms with Crippen molar-refractivity contribution in [2.24, 2.45) is 10.9 Å². The molecule has 82 valence electrons. The van der Waals surface area contributed by atoms with Crippen LogP contribution in [-0.2, 0) is 4.84 Å². The molecule has 0 aromatic heterocycles. The molecule has 0 aliphatic carbocycles. The first-order valence-electron chi connectivity index (χ1n) is 4.44. The van der Waals surface area contributed by atoms with Crippen LogP contribution in [0.5, 0.6) is 0 Å². The van der Waals surface area contributed by atoms with Gasteiger partial charge < -0.3 is 10.6 Å². The SMILES string of the molecule is CO/N=C(\CCN)c1ccc(Cl)c(Cl)c1. The van der Waals surface area contributed by atoms with Gasteiger partial charge in [-0.05, 0) is 18.7 Å². The third-order valence-electron chi connectivity index (χ3n) is 1.84. The maximum atomic E-state index is 5.90. The summed E-state index contributed by atoms with van der Waals surface area (Å²) in [5.74, 6) is 0. The van der Waals surface area contributed by atoms with E-state index in [4.69, 9.17) is 33.8 Å². The Morgan fingerprint density at radius 3 is 2.67 bits per heavy atom. The largest absolute Gasteiger partial charge is 0.399 e. The number of hydrogen-bond acceptors (Lipinski definition) is 3. The van der Waals surface area contributed by atoms with E-state index >= 15 is 0 Å². The van der Waals surface area contributed by atoms with Gasteiger partial charge in [0.05, 0.1) is 15.8 Å². The Kier molecular flexibility index (Phi) is 4.88. The van der Waals surface area contributed by atoms with Crippen molar-refractivity contribution in [1.29, 1.82) is 0 Å². The fraction of sp³-hybridized carbons (Fsp3) is 0.300. The van der Waals surface area contributed by atoms with E-state index in [2.05, 4.69) is 5.16 Å². The molecule has 0 unspecified atom stereocenters. The smallest absolute Gasteiger partial charge is 0.106 e. The highest BCUT2D eigenvalue weighted by molar-refractivity contribution is 6.42. The molecule has 0 bridgehead atoms. The van der Waals surface area contributed by atoms with Crippen molar-refractivity contribution < 1.29 is 4.84 Å². The molecule has 0 amide bonds. The van der Waals surface area contributed by atoms with Crippen molar-refractivity contribution in [3.8, 4) is 0 Å². The van der Waals surface area contributed by atoms with Crippen LogP contribution >= 0.6 is 23.2 Å². The monoisotopic (exact) mass is 246 g/mol. The number of nitrogens with zero attached hydrogens (tertiary/aromatic N) is 1. The minimum absolute atomic E-state index is 0.495. The first-order chi connectivity index (χ1) is 7.19. The molecule has 0 radical (unpaired) electrons. The van der Waals surface area contributed by atoms with Gasteiger partial charge >= 0.3 is 0 Å². The molecule has 0 saturated heterocycles. The molecule has 0 fully saturated rings. The average molecular weight is 247 g/mol. The molecule has 2 N–H and O–H groups in total. The van der Waals surface area contributed by atoms with Crippen LogP contribution in [0.25, 0.3) is 0 Å². The quantitative estimate of drug-likeness (QED) is 0.656. The van der Waals surface area contributed by atoms with Crippen LogP contribution in [0.2, 0.25) is 10.0 Å². The summed E-state index contributed by atoms with van der Waals surface area (Å²) in [6.07, 6.45) is 0.631. The molecule has 3 nitrogen and oxygen atoms in total. The predicted octanol–water partition coefficient (Wildman–Crippen LogP) is 2.69. The Bertz CT molecular complexity index is 366. The van der Waals surface area contributed by atoms with Gasteiger partial charge in [-0.3, -0.25) is 0 Å². The van der Waals surface area contributed by atoms with Crippen LogP contribution in [0.1, 0.15) is 12.0 Å². The van der Waals surface area contributed by atoms with Crippen molar-refractivity contribution in [3.05, 3.63) is 33.8 Å². The number of hydrogen-bond donors (Lipinski definition) is 1. The van der Waals surface area contributed by atoms with Crippen LogP contribution in [0, 0.1) is 0 Å². The van der Waals surface area contributed by atoms with Crippen molar-refractivity contribution >= 4 is 28.9 Å². The van der Waals surface area contributed by atoms with Crippen molar-refractivity contribution in [1.82, 2.24) is 0 Å². The Labute approximate surface area is 98.8 Å². The van der Waals surface area contributed by atoms with Gasteiger partial charge in [0.25, 0.3) is 0 Å². The fourth-order valence-corrected chi connectivity index (χ4v) is 1.46. The van der Waals surface area contributed by atoms with Crippen molar-refractivity contribution in [2.75, 3.05) is 13.7 Å². The highest BCUT2D eigenvalue weighted by Gasteiger charge is 2.06. The van der Waals surface area contributed by atoms with E-state index < -0.39 is 0 Å². The zero-order valence-corrected chi connectivity index (χ0v) is 9.85. The third kappa shape index (κ3) is 3.38. The van der Waals surface area contributed by atoms with Crippen molar-refractivity contribution in [2.45, 2.75) is 6.42 Å². The summed E-state index contributed by atoms with van der Waals surface area (Å²) in [5, 5.41) is 4.90. The molecule has 0 aliphatic heterocycles. The molecule has 0 saturated carbocycles. The molecule has 15 heavy (non-hydrogen) atoms. The molecule has 1 aromatic rings. The van der Waals surface area contributed by atoms with E-state index in [-0.39, 0.29) is 0 Å². The molecular formula is C10H12Cl2N2O. The molecule has 0 aliphatic rings. The standard InChI is InChI=1S/C10H12Cl2N2O/c1-15-14-10(4-5-13)7-2-3-8(11)9(12)6-7/h2-3,6H,4-5,13H2,1H3/b14-10+. The van der Waals surface area contributed by atoms with Gasteiger partial charge in [0.1, 0.15) is 7.11 Å². The van der Waals surface area contributed by atoms with Gasteiger partial charge in [-0.25, -0.2) is 0 Å². The highest BCUT2D eigenvalue weighted by atomic mass is 35.5. The maximum absolute atomic E-state index is 5.90. The number of nitrogens with two attached hydrogens (primary N) is 1. The topological polar surface area (TPSA) is 47.6 Å². The van der Waals surface area contributed by atoms with Crippen LogP contribution in [-0.4, -0.2) is 19.4 Å². The summed E-state index contributed by atoms with van der Waals surface area (Å²) >= 11 is 11.7. The second-order valence-corrected chi connectivity index (χ2v) is 3.70. The number of oxime groups is 1. The average Bonchev–Trinajstić information content (AvgIpc) is 2.22. The molecule has 0 atom stereocenters. The number of halogens is 2. The van der Waals surface area contributed by atoms with Gasteiger partial charge in [0, 0.05) is 12.0 Å². The highest BCUT2D eigenvalue weighted by Crippen LogP contribution is 2.23. The minimum atomic E-state index is 0.495.